The van der Waals surface area contributed by atoms with Gasteiger partial charge in [-0.2, -0.15) is 0 Å². The Labute approximate surface area is 206 Å². The second kappa shape index (κ2) is 9.35. The molecule has 4 aromatic rings. The molecule has 11 heteroatoms. The first-order valence-corrected chi connectivity index (χ1v) is 12.8. The first-order valence-electron chi connectivity index (χ1n) is 10.6. The standard InChI is InChI=1S/C24H20N4O5S2/c1-32-17-13-11-16(12-14-17)23-26-27-24(34-23)25-22(29)21-15-28(19-9-5-6-10-20(19)33-21)35(30,31)18-7-3-2-4-8-18/h2-14,21H,15H2,1H3,(H,25,27,29)/t21-/m0/s1. The zero-order valence-corrected chi connectivity index (χ0v) is 20.1. The molecular formula is C24H20N4O5S2. The Hall–Kier alpha value is -3.96. The van der Waals surface area contributed by atoms with Crippen LogP contribution in [0.2, 0.25) is 0 Å². The van der Waals surface area contributed by atoms with Gasteiger partial charge in [0.1, 0.15) is 16.5 Å². The normalized spacial score (nSPS) is 15.1. The van der Waals surface area contributed by atoms with Crippen LogP contribution < -0.4 is 19.1 Å². The fourth-order valence-corrected chi connectivity index (χ4v) is 5.84. The van der Waals surface area contributed by atoms with Crippen molar-refractivity contribution < 1.29 is 22.7 Å². The summed E-state index contributed by atoms with van der Waals surface area (Å²) in [6, 6.07) is 22.1. The summed E-state index contributed by atoms with van der Waals surface area (Å²) in [4.78, 5) is 13.2. The molecule has 35 heavy (non-hydrogen) atoms. The van der Waals surface area contributed by atoms with Crippen molar-refractivity contribution in [3.8, 4) is 22.1 Å². The average molecular weight is 509 g/mol. The van der Waals surface area contributed by atoms with E-state index in [2.05, 4.69) is 15.5 Å². The highest BCUT2D eigenvalue weighted by Crippen LogP contribution is 2.37. The number of fused-ring (bicyclic) bond motifs is 1. The molecule has 1 aliphatic rings. The van der Waals surface area contributed by atoms with Crippen molar-refractivity contribution in [1.82, 2.24) is 10.2 Å². The maximum absolute atomic E-state index is 13.4. The number of nitrogens with one attached hydrogen (secondary N) is 1. The molecule has 0 bridgehead atoms. The molecule has 1 atom stereocenters. The van der Waals surface area contributed by atoms with E-state index < -0.39 is 22.0 Å². The maximum Gasteiger partial charge on any atom is 0.269 e. The number of anilines is 2. The van der Waals surface area contributed by atoms with Gasteiger partial charge in [-0.3, -0.25) is 14.4 Å². The second-order valence-corrected chi connectivity index (χ2v) is 10.4. The molecule has 0 aliphatic carbocycles. The van der Waals surface area contributed by atoms with Crippen LogP contribution in [0.3, 0.4) is 0 Å². The Morgan fingerprint density at radius 2 is 1.74 bits per heavy atom. The van der Waals surface area contributed by atoms with Crippen molar-refractivity contribution in [2.75, 3.05) is 23.3 Å². The van der Waals surface area contributed by atoms with Crippen molar-refractivity contribution in [2.24, 2.45) is 0 Å². The van der Waals surface area contributed by atoms with E-state index in [1.165, 1.54) is 27.8 Å². The van der Waals surface area contributed by atoms with E-state index in [1.807, 2.05) is 24.3 Å². The van der Waals surface area contributed by atoms with E-state index in [1.54, 1.807) is 49.6 Å². The number of methoxy groups -OCH3 is 1. The van der Waals surface area contributed by atoms with Crippen molar-refractivity contribution in [1.29, 1.82) is 0 Å². The van der Waals surface area contributed by atoms with Gasteiger partial charge in [-0.05, 0) is 48.5 Å². The lowest BCUT2D eigenvalue weighted by atomic mass is 10.2. The van der Waals surface area contributed by atoms with E-state index in [9.17, 15) is 13.2 Å². The molecule has 0 unspecified atom stereocenters. The van der Waals surface area contributed by atoms with Crippen molar-refractivity contribution in [3.63, 3.8) is 0 Å². The molecule has 1 aromatic heterocycles. The molecule has 1 aliphatic heterocycles. The molecule has 1 amide bonds. The highest BCUT2D eigenvalue weighted by Gasteiger charge is 2.37. The van der Waals surface area contributed by atoms with Crippen LogP contribution in [-0.2, 0) is 14.8 Å². The van der Waals surface area contributed by atoms with Crippen LogP contribution >= 0.6 is 11.3 Å². The lowest BCUT2D eigenvalue weighted by Crippen LogP contribution is -2.48. The van der Waals surface area contributed by atoms with E-state index in [0.29, 0.717) is 16.4 Å². The average Bonchev–Trinajstić information content (AvgIpc) is 3.37. The second-order valence-electron chi connectivity index (χ2n) is 7.55. The predicted octanol–water partition coefficient (Wildman–Crippen LogP) is 3.81. The van der Waals surface area contributed by atoms with E-state index in [0.717, 1.165) is 11.3 Å². The minimum Gasteiger partial charge on any atom is -0.497 e. The lowest BCUT2D eigenvalue weighted by molar-refractivity contribution is -0.122. The number of carbonyl (C=O) groups excluding carboxylic acids is 1. The third-order valence-corrected chi connectivity index (χ3v) is 8.03. The fourth-order valence-electron chi connectivity index (χ4n) is 3.60. The van der Waals surface area contributed by atoms with E-state index in [4.69, 9.17) is 9.47 Å². The quantitative estimate of drug-likeness (QED) is 0.422. The maximum atomic E-state index is 13.4. The molecule has 3 aromatic carbocycles. The van der Waals surface area contributed by atoms with Gasteiger partial charge in [0.05, 0.1) is 24.2 Å². The Morgan fingerprint density at radius 3 is 2.49 bits per heavy atom. The van der Waals surface area contributed by atoms with E-state index >= 15 is 0 Å². The minimum absolute atomic E-state index is 0.129. The highest BCUT2D eigenvalue weighted by molar-refractivity contribution is 7.92. The number of ether oxygens (including phenoxy) is 2. The summed E-state index contributed by atoms with van der Waals surface area (Å²) in [6.45, 7) is -0.190. The van der Waals surface area contributed by atoms with Crippen LogP contribution in [0.1, 0.15) is 0 Å². The Bertz CT molecular complexity index is 1460. The number of nitrogens with zero attached hydrogens (tertiary/aromatic N) is 3. The molecule has 178 valence electrons. The van der Waals surface area contributed by atoms with Crippen LogP contribution in [0.4, 0.5) is 10.8 Å². The first kappa shape index (κ1) is 22.8. The van der Waals surface area contributed by atoms with Gasteiger partial charge < -0.3 is 9.47 Å². The number of amides is 1. The number of carbonyl (C=O) groups is 1. The van der Waals surface area contributed by atoms with Gasteiger partial charge in [0.15, 0.2) is 6.10 Å². The number of benzene rings is 3. The Morgan fingerprint density at radius 1 is 1.03 bits per heavy atom. The molecule has 0 radical (unpaired) electrons. The van der Waals surface area contributed by atoms with Crippen LogP contribution in [0, 0.1) is 0 Å². The summed E-state index contributed by atoms with van der Waals surface area (Å²) in [5.41, 5.74) is 1.20. The minimum atomic E-state index is -3.91. The number of sulfonamides is 1. The summed E-state index contributed by atoms with van der Waals surface area (Å²) in [5.74, 6) is 0.497. The summed E-state index contributed by atoms with van der Waals surface area (Å²) < 4.78 is 39.0. The summed E-state index contributed by atoms with van der Waals surface area (Å²) in [5, 5.41) is 11.8. The smallest absolute Gasteiger partial charge is 0.269 e. The summed E-state index contributed by atoms with van der Waals surface area (Å²) in [6.07, 6.45) is -1.09. The number of para-hydroxylation sites is 2. The molecule has 0 spiro atoms. The van der Waals surface area contributed by atoms with Crippen LogP contribution in [0.15, 0.2) is 83.8 Å². The third-order valence-electron chi connectivity index (χ3n) is 5.35. The van der Waals surface area contributed by atoms with E-state index in [-0.39, 0.29) is 16.6 Å². The van der Waals surface area contributed by atoms with Gasteiger partial charge in [0, 0.05) is 5.56 Å². The van der Waals surface area contributed by atoms with Gasteiger partial charge in [0.25, 0.3) is 15.9 Å². The van der Waals surface area contributed by atoms with Crippen LogP contribution in [0.5, 0.6) is 11.5 Å². The molecule has 2 heterocycles. The van der Waals surface area contributed by atoms with Crippen LogP contribution in [0.25, 0.3) is 10.6 Å². The molecule has 1 N–H and O–H groups in total. The van der Waals surface area contributed by atoms with Gasteiger partial charge >= 0.3 is 0 Å². The molecule has 5 rings (SSSR count). The SMILES string of the molecule is COc1ccc(-c2nnc(NC(=O)[C@@H]3CN(S(=O)(=O)c4ccccc4)c4ccccc4O3)s2)cc1. The Balaban J connectivity index is 1.38. The molecule has 0 saturated heterocycles. The first-order chi connectivity index (χ1) is 17.0. The Kier molecular flexibility index (Phi) is 6.10. The zero-order chi connectivity index (χ0) is 24.4. The number of rotatable bonds is 6. The van der Waals surface area contributed by atoms with Crippen molar-refractivity contribution >= 4 is 38.1 Å². The summed E-state index contributed by atoms with van der Waals surface area (Å²) >= 11 is 1.20. The largest absolute Gasteiger partial charge is 0.497 e. The number of aromatic nitrogens is 2. The number of hydrogen-bond donors (Lipinski definition) is 1. The highest BCUT2D eigenvalue weighted by atomic mass is 32.2. The lowest BCUT2D eigenvalue weighted by Gasteiger charge is -2.34. The van der Waals surface area contributed by atoms with Gasteiger partial charge in [0.2, 0.25) is 5.13 Å². The molecule has 0 fully saturated rings. The fraction of sp³-hybridized carbons (Fsp3) is 0.125. The monoisotopic (exact) mass is 508 g/mol. The van der Waals surface area contributed by atoms with Gasteiger partial charge in [-0.25, -0.2) is 8.42 Å². The predicted molar refractivity (Wildman–Crippen MR) is 132 cm³/mol. The van der Waals surface area contributed by atoms with Gasteiger partial charge in [-0.1, -0.05) is 41.7 Å². The van der Waals surface area contributed by atoms with Crippen LogP contribution in [-0.4, -0.2) is 44.3 Å². The molecule has 0 saturated carbocycles. The van der Waals surface area contributed by atoms with Crippen molar-refractivity contribution in [3.05, 3.63) is 78.9 Å². The van der Waals surface area contributed by atoms with Crippen molar-refractivity contribution in [2.45, 2.75) is 11.0 Å². The summed E-state index contributed by atoms with van der Waals surface area (Å²) in [7, 11) is -2.33. The van der Waals surface area contributed by atoms with Gasteiger partial charge in [-0.15, -0.1) is 10.2 Å². The topological polar surface area (TPSA) is 111 Å². The molecule has 9 nitrogen and oxygen atoms in total. The molecular weight excluding hydrogens is 488 g/mol. The zero-order valence-electron chi connectivity index (χ0n) is 18.5. The third kappa shape index (κ3) is 4.55. The number of hydrogen-bond acceptors (Lipinski definition) is 8.